The lowest BCUT2D eigenvalue weighted by Gasteiger charge is -2.42. The molecule has 3 aromatic rings. The number of pyridine rings is 1. The molecule has 2 aliphatic heterocycles. The van der Waals surface area contributed by atoms with E-state index in [9.17, 15) is 4.79 Å². The number of nitrogens with zero attached hydrogens (tertiary/aromatic N) is 2. The third kappa shape index (κ3) is 4.53. The van der Waals surface area contributed by atoms with Crippen LogP contribution in [0, 0.1) is 0 Å². The number of anilines is 1. The van der Waals surface area contributed by atoms with Gasteiger partial charge in [0.15, 0.2) is 0 Å². The Morgan fingerprint density at radius 2 is 1.84 bits per heavy atom. The lowest BCUT2D eigenvalue weighted by atomic mass is 9.69. The van der Waals surface area contributed by atoms with Crippen LogP contribution < -0.4 is 5.32 Å². The lowest BCUT2D eigenvalue weighted by Crippen LogP contribution is -2.42. The summed E-state index contributed by atoms with van der Waals surface area (Å²) in [6, 6.07) is 21.4. The van der Waals surface area contributed by atoms with Crippen LogP contribution in [0.1, 0.15) is 41.5 Å². The van der Waals surface area contributed by atoms with Gasteiger partial charge in [-0.15, -0.1) is 0 Å². The van der Waals surface area contributed by atoms with Gasteiger partial charge in [-0.1, -0.05) is 42.5 Å². The van der Waals surface area contributed by atoms with Gasteiger partial charge in [-0.25, -0.2) is 4.79 Å². The highest BCUT2D eigenvalue weighted by molar-refractivity contribution is 5.87. The first-order valence-electron chi connectivity index (χ1n) is 11.4. The molecule has 0 spiro atoms. The third-order valence-electron chi connectivity index (χ3n) is 6.99. The van der Waals surface area contributed by atoms with Crippen molar-refractivity contribution in [1.29, 1.82) is 0 Å². The number of fused-ring (bicyclic) bond motifs is 1. The number of carbonyl (C=O) groups excluding carboxylic acids is 1. The highest BCUT2D eigenvalue weighted by Crippen LogP contribution is 2.39. The first-order valence-corrected chi connectivity index (χ1v) is 11.4. The summed E-state index contributed by atoms with van der Waals surface area (Å²) in [6.45, 7) is 3.39. The second-order valence-electron chi connectivity index (χ2n) is 8.98. The molecule has 1 N–H and O–H groups in total. The number of nitrogens with one attached hydrogen (secondary N) is 1. The Labute approximate surface area is 189 Å². The SMILES string of the molecule is O=C1Nc2ccc(CN3CCC(CCc4ccccc4)(c4cccnc4)CC3)cc2CO1. The molecular formula is C27H29N3O2. The highest BCUT2D eigenvalue weighted by atomic mass is 16.5. The molecule has 164 valence electrons. The molecule has 1 saturated heterocycles. The minimum Gasteiger partial charge on any atom is -0.444 e. The number of aromatic nitrogens is 1. The van der Waals surface area contributed by atoms with Crippen molar-refractivity contribution >= 4 is 11.8 Å². The summed E-state index contributed by atoms with van der Waals surface area (Å²) in [4.78, 5) is 18.4. The van der Waals surface area contributed by atoms with Gasteiger partial charge in [-0.2, -0.15) is 0 Å². The number of benzene rings is 2. The molecule has 0 unspecified atom stereocenters. The molecule has 1 aromatic heterocycles. The summed E-state index contributed by atoms with van der Waals surface area (Å²) in [5, 5.41) is 2.77. The summed E-state index contributed by atoms with van der Waals surface area (Å²) < 4.78 is 5.12. The zero-order valence-electron chi connectivity index (χ0n) is 18.3. The van der Waals surface area contributed by atoms with Gasteiger partial charge < -0.3 is 4.74 Å². The largest absolute Gasteiger partial charge is 0.444 e. The fourth-order valence-electron chi connectivity index (χ4n) is 5.06. The molecule has 2 aliphatic rings. The van der Waals surface area contributed by atoms with Gasteiger partial charge in [0.25, 0.3) is 0 Å². The Hall–Kier alpha value is -3.18. The summed E-state index contributed by atoms with van der Waals surface area (Å²) in [5.41, 5.74) is 6.13. The van der Waals surface area contributed by atoms with Crippen molar-refractivity contribution in [1.82, 2.24) is 9.88 Å². The van der Waals surface area contributed by atoms with E-state index in [4.69, 9.17) is 4.74 Å². The number of piperidine rings is 1. The first-order chi connectivity index (χ1) is 15.7. The molecule has 0 radical (unpaired) electrons. The van der Waals surface area contributed by atoms with Crippen LogP contribution in [0.25, 0.3) is 0 Å². The molecule has 3 heterocycles. The average molecular weight is 428 g/mol. The minimum atomic E-state index is -0.372. The van der Waals surface area contributed by atoms with Crippen LogP contribution in [0.2, 0.25) is 0 Å². The quantitative estimate of drug-likeness (QED) is 0.579. The molecular weight excluding hydrogens is 398 g/mol. The number of amides is 1. The molecule has 1 amide bonds. The second kappa shape index (κ2) is 9.13. The van der Waals surface area contributed by atoms with Crippen molar-refractivity contribution in [3.8, 4) is 0 Å². The van der Waals surface area contributed by atoms with Crippen molar-refractivity contribution < 1.29 is 9.53 Å². The zero-order valence-corrected chi connectivity index (χ0v) is 18.3. The lowest BCUT2D eigenvalue weighted by molar-refractivity contribution is 0.144. The molecule has 1 fully saturated rings. The maximum Gasteiger partial charge on any atom is 0.411 e. The van der Waals surface area contributed by atoms with Crippen molar-refractivity contribution in [3.63, 3.8) is 0 Å². The Morgan fingerprint density at radius 1 is 1.00 bits per heavy atom. The van der Waals surface area contributed by atoms with Gasteiger partial charge in [0.05, 0.1) is 5.69 Å². The number of cyclic esters (lactones) is 1. The van der Waals surface area contributed by atoms with Crippen LogP contribution in [-0.2, 0) is 29.7 Å². The van der Waals surface area contributed by atoms with Gasteiger partial charge in [0.2, 0.25) is 0 Å². The topological polar surface area (TPSA) is 54.5 Å². The van der Waals surface area contributed by atoms with Gasteiger partial charge in [-0.3, -0.25) is 15.2 Å². The van der Waals surface area contributed by atoms with Crippen LogP contribution in [0.3, 0.4) is 0 Å². The van der Waals surface area contributed by atoms with E-state index in [2.05, 4.69) is 76.0 Å². The Bertz CT molecular complexity index is 1060. The average Bonchev–Trinajstić information content (AvgIpc) is 2.85. The standard InChI is InChI=1S/C27H29N3O2/c31-26-29-25-9-8-22(17-23(25)20-32-26)19-30-15-12-27(13-16-30,24-7-4-14-28-18-24)11-10-21-5-2-1-3-6-21/h1-9,14,17-18H,10-13,15-16,19-20H2,(H,29,31). The van der Waals surface area contributed by atoms with E-state index in [0.29, 0.717) is 6.61 Å². The van der Waals surface area contributed by atoms with Crippen LogP contribution >= 0.6 is 0 Å². The minimum absolute atomic E-state index is 0.175. The van der Waals surface area contributed by atoms with Gasteiger partial charge in [0.1, 0.15) is 6.61 Å². The number of likely N-dealkylation sites (tertiary alicyclic amines) is 1. The zero-order chi connectivity index (χ0) is 21.8. The molecule has 0 aliphatic carbocycles. The predicted molar refractivity (Wildman–Crippen MR) is 125 cm³/mol. The molecule has 5 heteroatoms. The molecule has 0 atom stereocenters. The van der Waals surface area contributed by atoms with E-state index in [1.165, 1.54) is 16.7 Å². The summed E-state index contributed by atoms with van der Waals surface area (Å²) in [6.07, 6.45) is 8.07. The summed E-state index contributed by atoms with van der Waals surface area (Å²) >= 11 is 0. The van der Waals surface area contributed by atoms with E-state index in [1.807, 2.05) is 12.3 Å². The van der Waals surface area contributed by atoms with Crippen molar-refractivity contribution in [2.75, 3.05) is 18.4 Å². The Morgan fingerprint density at radius 3 is 2.62 bits per heavy atom. The number of rotatable bonds is 6. The maximum absolute atomic E-state index is 11.4. The predicted octanol–water partition coefficient (Wildman–Crippen LogP) is 5.31. The summed E-state index contributed by atoms with van der Waals surface area (Å²) in [5.74, 6) is 0. The van der Waals surface area contributed by atoms with Gasteiger partial charge in [0, 0.05) is 24.5 Å². The number of carbonyl (C=O) groups is 1. The van der Waals surface area contributed by atoms with Crippen LogP contribution in [-0.4, -0.2) is 29.1 Å². The number of ether oxygens (including phenoxy) is 1. The summed E-state index contributed by atoms with van der Waals surface area (Å²) in [7, 11) is 0. The number of aryl methyl sites for hydroxylation is 1. The number of hydrogen-bond acceptors (Lipinski definition) is 4. The third-order valence-corrected chi connectivity index (χ3v) is 6.99. The van der Waals surface area contributed by atoms with Crippen molar-refractivity contribution in [2.45, 2.75) is 44.2 Å². The van der Waals surface area contributed by atoms with E-state index in [0.717, 1.165) is 56.6 Å². The van der Waals surface area contributed by atoms with Crippen LogP contribution in [0.5, 0.6) is 0 Å². The monoisotopic (exact) mass is 427 g/mol. The highest BCUT2D eigenvalue weighted by Gasteiger charge is 2.36. The number of hydrogen-bond donors (Lipinski definition) is 1. The van der Waals surface area contributed by atoms with Gasteiger partial charge in [-0.05, 0) is 79.1 Å². The molecule has 32 heavy (non-hydrogen) atoms. The van der Waals surface area contributed by atoms with E-state index < -0.39 is 0 Å². The van der Waals surface area contributed by atoms with E-state index >= 15 is 0 Å². The fraction of sp³-hybridized carbons (Fsp3) is 0.333. The molecule has 5 rings (SSSR count). The molecule has 2 aromatic carbocycles. The second-order valence-corrected chi connectivity index (χ2v) is 8.98. The molecule has 0 bridgehead atoms. The normalized spacial score (nSPS) is 17.8. The van der Waals surface area contributed by atoms with E-state index in [1.54, 1.807) is 0 Å². The Kier molecular flexibility index (Phi) is 5.91. The molecule has 5 nitrogen and oxygen atoms in total. The smallest absolute Gasteiger partial charge is 0.411 e. The van der Waals surface area contributed by atoms with E-state index in [-0.39, 0.29) is 11.5 Å². The van der Waals surface area contributed by atoms with Crippen molar-refractivity contribution in [2.24, 2.45) is 0 Å². The van der Waals surface area contributed by atoms with Gasteiger partial charge >= 0.3 is 6.09 Å². The fourth-order valence-corrected chi connectivity index (χ4v) is 5.06. The molecule has 0 saturated carbocycles. The van der Waals surface area contributed by atoms with Crippen LogP contribution in [0.4, 0.5) is 10.5 Å². The van der Waals surface area contributed by atoms with Crippen molar-refractivity contribution in [3.05, 3.63) is 95.3 Å². The Balaban J connectivity index is 1.27. The first kappa shape index (κ1) is 20.7. The maximum atomic E-state index is 11.4. The van der Waals surface area contributed by atoms with Crippen LogP contribution in [0.15, 0.2) is 73.1 Å².